The third kappa shape index (κ3) is 3.32. The number of hydrogen-bond donors (Lipinski definition) is 1. The number of carboxylic acid groups (broad SMARTS) is 1. The lowest BCUT2D eigenvalue weighted by atomic mass is 9.77. The zero-order valence-corrected chi connectivity index (χ0v) is 10.9. The Balaban J connectivity index is 2.87. The molecule has 1 N–H and O–H groups in total. The molecule has 0 saturated carbocycles. The molecule has 0 amide bonds. The molecular weight excluding hydrogens is 212 g/mol. The van der Waals surface area contributed by atoms with Crippen LogP contribution >= 0.6 is 0 Å². The van der Waals surface area contributed by atoms with Crippen LogP contribution in [0.3, 0.4) is 0 Å². The smallest absolute Gasteiger partial charge is 0.313 e. The summed E-state index contributed by atoms with van der Waals surface area (Å²) in [6.45, 7) is 6.14. The number of benzene rings is 1. The normalized spacial score (nSPS) is 16.2. The van der Waals surface area contributed by atoms with E-state index in [1.807, 2.05) is 37.3 Å². The third-order valence-electron chi connectivity index (χ3n) is 3.72. The van der Waals surface area contributed by atoms with Crippen LogP contribution in [0.1, 0.15) is 45.6 Å². The molecule has 0 saturated heterocycles. The van der Waals surface area contributed by atoms with Gasteiger partial charge < -0.3 is 5.11 Å². The molecule has 1 aromatic carbocycles. The number of aliphatic carboxylic acids is 1. The van der Waals surface area contributed by atoms with E-state index in [1.54, 1.807) is 0 Å². The fourth-order valence-corrected chi connectivity index (χ4v) is 1.92. The summed E-state index contributed by atoms with van der Waals surface area (Å²) in [5.41, 5.74) is 0.140. The van der Waals surface area contributed by atoms with Crippen LogP contribution in [0.15, 0.2) is 30.3 Å². The van der Waals surface area contributed by atoms with Gasteiger partial charge >= 0.3 is 5.97 Å². The van der Waals surface area contributed by atoms with Crippen molar-refractivity contribution in [3.8, 4) is 0 Å². The Morgan fingerprint density at radius 1 is 1.35 bits per heavy atom. The standard InChI is InChI=1S/C15H22O2/c1-4-12(2)10-11-15(3,14(16)17)13-8-6-5-7-9-13/h5-9,12H,4,10-11H2,1-3H3,(H,16,17)/t12-,15?/m0/s1. The zero-order chi connectivity index (χ0) is 12.9. The molecule has 0 aliphatic carbocycles. The fourth-order valence-electron chi connectivity index (χ4n) is 1.92. The number of carbonyl (C=O) groups is 1. The van der Waals surface area contributed by atoms with Crippen molar-refractivity contribution in [1.29, 1.82) is 0 Å². The van der Waals surface area contributed by atoms with Gasteiger partial charge in [-0.2, -0.15) is 0 Å². The van der Waals surface area contributed by atoms with Gasteiger partial charge in [-0.1, -0.05) is 50.6 Å². The Kier molecular flexibility index (Phi) is 4.73. The van der Waals surface area contributed by atoms with E-state index in [-0.39, 0.29) is 0 Å². The van der Waals surface area contributed by atoms with E-state index in [0.717, 1.165) is 18.4 Å². The minimum atomic E-state index is -0.759. The molecule has 2 atom stereocenters. The summed E-state index contributed by atoms with van der Waals surface area (Å²) in [5.74, 6) is -0.149. The molecule has 0 spiro atoms. The lowest BCUT2D eigenvalue weighted by Gasteiger charge is -2.26. The summed E-state index contributed by atoms with van der Waals surface area (Å²) in [6.07, 6.45) is 2.75. The molecule has 0 aromatic heterocycles. The predicted octanol–water partition coefficient (Wildman–Crippen LogP) is 3.86. The van der Waals surface area contributed by atoms with E-state index < -0.39 is 11.4 Å². The fraction of sp³-hybridized carbons (Fsp3) is 0.533. The minimum absolute atomic E-state index is 0.581. The Hall–Kier alpha value is -1.31. The molecule has 94 valence electrons. The van der Waals surface area contributed by atoms with Gasteiger partial charge in [-0.05, 0) is 31.2 Å². The first kappa shape index (κ1) is 13.8. The van der Waals surface area contributed by atoms with Crippen molar-refractivity contribution < 1.29 is 9.90 Å². The van der Waals surface area contributed by atoms with Crippen molar-refractivity contribution in [3.63, 3.8) is 0 Å². The maximum absolute atomic E-state index is 11.5. The summed E-state index contributed by atoms with van der Waals surface area (Å²) >= 11 is 0. The van der Waals surface area contributed by atoms with Crippen molar-refractivity contribution in [3.05, 3.63) is 35.9 Å². The van der Waals surface area contributed by atoms with Crippen LogP contribution in [0.4, 0.5) is 0 Å². The first-order valence-electron chi connectivity index (χ1n) is 6.29. The van der Waals surface area contributed by atoms with Crippen LogP contribution in [0.2, 0.25) is 0 Å². The highest BCUT2D eigenvalue weighted by Crippen LogP contribution is 2.31. The first-order chi connectivity index (χ1) is 8.00. The molecule has 0 heterocycles. The van der Waals surface area contributed by atoms with Crippen LogP contribution in [-0.4, -0.2) is 11.1 Å². The molecule has 0 aliphatic heterocycles. The second-order valence-corrected chi connectivity index (χ2v) is 5.06. The van der Waals surface area contributed by atoms with E-state index in [2.05, 4.69) is 13.8 Å². The van der Waals surface area contributed by atoms with Gasteiger partial charge in [0.2, 0.25) is 0 Å². The molecule has 0 bridgehead atoms. The second kappa shape index (κ2) is 5.85. The molecular formula is C15H22O2. The highest BCUT2D eigenvalue weighted by atomic mass is 16.4. The van der Waals surface area contributed by atoms with Crippen LogP contribution < -0.4 is 0 Å². The number of carboxylic acids is 1. The largest absolute Gasteiger partial charge is 0.481 e. The van der Waals surface area contributed by atoms with E-state index in [0.29, 0.717) is 12.3 Å². The topological polar surface area (TPSA) is 37.3 Å². The summed E-state index contributed by atoms with van der Waals surface area (Å²) in [7, 11) is 0. The van der Waals surface area contributed by atoms with Gasteiger partial charge in [-0.25, -0.2) is 0 Å². The van der Waals surface area contributed by atoms with Gasteiger partial charge in [0.1, 0.15) is 0 Å². The van der Waals surface area contributed by atoms with Gasteiger partial charge in [-0.15, -0.1) is 0 Å². The molecule has 1 unspecified atom stereocenters. The number of rotatable bonds is 6. The van der Waals surface area contributed by atoms with E-state index >= 15 is 0 Å². The maximum atomic E-state index is 11.5. The summed E-state index contributed by atoms with van der Waals surface area (Å²) in [4.78, 5) is 11.5. The Morgan fingerprint density at radius 2 is 1.94 bits per heavy atom. The maximum Gasteiger partial charge on any atom is 0.313 e. The molecule has 0 fully saturated rings. The van der Waals surface area contributed by atoms with Crippen LogP contribution in [0.5, 0.6) is 0 Å². The molecule has 2 heteroatoms. The highest BCUT2D eigenvalue weighted by Gasteiger charge is 2.34. The Morgan fingerprint density at radius 3 is 2.41 bits per heavy atom. The molecule has 17 heavy (non-hydrogen) atoms. The van der Waals surface area contributed by atoms with Gasteiger partial charge in [0.25, 0.3) is 0 Å². The van der Waals surface area contributed by atoms with Gasteiger partial charge in [-0.3, -0.25) is 4.79 Å². The van der Waals surface area contributed by atoms with Crippen molar-refractivity contribution in [1.82, 2.24) is 0 Å². The number of hydrogen-bond acceptors (Lipinski definition) is 1. The first-order valence-corrected chi connectivity index (χ1v) is 6.29. The van der Waals surface area contributed by atoms with Crippen molar-refractivity contribution in [2.45, 2.75) is 45.4 Å². The van der Waals surface area contributed by atoms with Crippen LogP contribution in [0, 0.1) is 5.92 Å². The second-order valence-electron chi connectivity index (χ2n) is 5.06. The average Bonchev–Trinajstić information content (AvgIpc) is 2.36. The summed E-state index contributed by atoms with van der Waals surface area (Å²) in [5, 5.41) is 9.47. The van der Waals surface area contributed by atoms with Crippen LogP contribution in [0.25, 0.3) is 0 Å². The molecule has 0 radical (unpaired) electrons. The third-order valence-corrected chi connectivity index (χ3v) is 3.72. The van der Waals surface area contributed by atoms with E-state index in [9.17, 15) is 9.90 Å². The minimum Gasteiger partial charge on any atom is -0.481 e. The lowest BCUT2D eigenvalue weighted by molar-refractivity contribution is -0.143. The molecule has 1 aromatic rings. The highest BCUT2D eigenvalue weighted by molar-refractivity contribution is 5.80. The summed E-state index contributed by atoms with van der Waals surface area (Å²) < 4.78 is 0. The van der Waals surface area contributed by atoms with Crippen molar-refractivity contribution in [2.75, 3.05) is 0 Å². The Labute approximate surface area is 104 Å². The average molecular weight is 234 g/mol. The monoisotopic (exact) mass is 234 g/mol. The Bertz CT molecular complexity index is 358. The lowest BCUT2D eigenvalue weighted by Crippen LogP contribution is -2.32. The molecule has 0 aliphatic rings. The SMILES string of the molecule is CC[C@H](C)CCC(C)(C(=O)O)c1ccccc1. The van der Waals surface area contributed by atoms with Gasteiger partial charge in [0.05, 0.1) is 5.41 Å². The van der Waals surface area contributed by atoms with Gasteiger partial charge in [0.15, 0.2) is 0 Å². The van der Waals surface area contributed by atoms with E-state index in [1.165, 1.54) is 0 Å². The molecule has 2 nitrogen and oxygen atoms in total. The van der Waals surface area contributed by atoms with Crippen molar-refractivity contribution >= 4 is 5.97 Å². The predicted molar refractivity (Wildman–Crippen MR) is 70.1 cm³/mol. The van der Waals surface area contributed by atoms with Crippen molar-refractivity contribution in [2.24, 2.45) is 5.92 Å². The van der Waals surface area contributed by atoms with E-state index in [4.69, 9.17) is 0 Å². The summed E-state index contributed by atoms with van der Waals surface area (Å²) in [6, 6.07) is 9.54. The van der Waals surface area contributed by atoms with Gasteiger partial charge in [0, 0.05) is 0 Å². The zero-order valence-electron chi connectivity index (χ0n) is 10.9. The quantitative estimate of drug-likeness (QED) is 0.811. The molecule has 1 rings (SSSR count). The van der Waals surface area contributed by atoms with Crippen LogP contribution in [-0.2, 0) is 10.2 Å².